The molecule has 4 N–H and O–H groups in total. The smallest absolute Gasteiger partial charge is 0.306 e. The number of aliphatic hydroxyl groups is 4. The summed E-state index contributed by atoms with van der Waals surface area (Å²) >= 11 is 0. The Hall–Kier alpha value is -1.56. The van der Waals surface area contributed by atoms with E-state index in [1.165, 1.54) is 141 Å². The molecule has 0 radical (unpaired) electrons. The van der Waals surface area contributed by atoms with Crippen LogP contribution in [0.15, 0.2) is 12.2 Å². The van der Waals surface area contributed by atoms with Crippen LogP contribution in [0.3, 0.4) is 0 Å². The lowest BCUT2D eigenvalue weighted by atomic mass is 9.99. The van der Waals surface area contributed by atoms with Gasteiger partial charge in [0.05, 0.1) is 13.2 Å². The van der Waals surface area contributed by atoms with Crippen molar-refractivity contribution in [1.82, 2.24) is 0 Å². The van der Waals surface area contributed by atoms with Crippen molar-refractivity contribution >= 4 is 11.9 Å². The fraction of sp³-hybridized carbons (Fsp3) is 0.913. The van der Waals surface area contributed by atoms with Crippen molar-refractivity contribution in [3.8, 4) is 0 Å². The van der Waals surface area contributed by atoms with E-state index in [9.17, 15) is 30.0 Å². The second-order valence-corrected chi connectivity index (χ2v) is 16.2. The predicted octanol–water partition coefficient (Wildman–Crippen LogP) is 9.95. The predicted molar refractivity (Wildman–Crippen MR) is 224 cm³/mol. The lowest BCUT2D eigenvalue weighted by Crippen LogP contribution is -2.59. The third kappa shape index (κ3) is 28.8. The Morgan fingerprint density at radius 2 is 0.946 bits per heavy atom. The third-order valence-electron chi connectivity index (χ3n) is 10.9. The van der Waals surface area contributed by atoms with E-state index in [1.807, 2.05) is 0 Å². The normalized spacial score (nSPS) is 20.4. The van der Waals surface area contributed by atoms with E-state index in [-0.39, 0.29) is 32.0 Å². The quantitative estimate of drug-likeness (QED) is 0.0269. The van der Waals surface area contributed by atoms with E-state index in [1.54, 1.807) is 0 Å². The average Bonchev–Trinajstić information content (AvgIpc) is 3.19. The zero-order valence-electron chi connectivity index (χ0n) is 35.9. The van der Waals surface area contributed by atoms with Gasteiger partial charge in [0.2, 0.25) is 0 Å². The van der Waals surface area contributed by atoms with Crippen molar-refractivity contribution in [3.63, 3.8) is 0 Å². The number of hydrogen-bond donors (Lipinski definition) is 4. The summed E-state index contributed by atoms with van der Waals surface area (Å²) in [5.41, 5.74) is 0. The molecule has 56 heavy (non-hydrogen) atoms. The lowest BCUT2D eigenvalue weighted by molar-refractivity contribution is -0.305. The van der Waals surface area contributed by atoms with Crippen LogP contribution >= 0.6 is 0 Å². The summed E-state index contributed by atoms with van der Waals surface area (Å²) in [4.78, 5) is 25.3. The van der Waals surface area contributed by atoms with Crippen molar-refractivity contribution in [1.29, 1.82) is 0 Å². The summed E-state index contributed by atoms with van der Waals surface area (Å²) in [6.07, 6.45) is 32.3. The topological polar surface area (TPSA) is 152 Å². The minimum absolute atomic E-state index is 0.212. The number of aliphatic hydroxyl groups excluding tert-OH is 4. The van der Waals surface area contributed by atoms with Crippen molar-refractivity contribution in [2.24, 2.45) is 0 Å². The van der Waals surface area contributed by atoms with Gasteiger partial charge in [0, 0.05) is 12.8 Å². The number of esters is 2. The molecule has 0 aromatic carbocycles. The first kappa shape index (κ1) is 52.5. The molecule has 330 valence electrons. The molecule has 1 aliphatic rings. The molecule has 1 saturated heterocycles. The van der Waals surface area contributed by atoms with Gasteiger partial charge in [-0.05, 0) is 38.5 Å². The molecule has 6 atom stereocenters. The van der Waals surface area contributed by atoms with E-state index >= 15 is 0 Å². The van der Waals surface area contributed by atoms with Crippen molar-refractivity contribution < 1.29 is 49.0 Å². The van der Waals surface area contributed by atoms with Crippen LogP contribution in [0.25, 0.3) is 0 Å². The van der Waals surface area contributed by atoms with E-state index in [2.05, 4.69) is 26.0 Å². The SMILES string of the molecule is CCCCCCCC/C=C/CCCCCCCCCCCCCC(=O)OC[C@@H](CO[C@H]1O[C@@H](CO)[C@@H](O)C(O)C1O)OC(=O)CCCCCCCCCCCC. The molecule has 10 nitrogen and oxygen atoms in total. The van der Waals surface area contributed by atoms with Gasteiger partial charge in [-0.2, -0.15) is 0 Å². The molecule has 0 saturated carbocycles. The second-order valence-electron chi connectivity index (χ2n) is 16.2. The van der Waals surface area contributed by atoms with Crippen LogP contribution in [0.1, 0.15) is 213 Å². The van der Waals surface area contributed by atoms with Crippen molar-refractivity contribution in [2.45, 2.75) is 250 Å². The standard InChI is InChI=1S/C46H86O10/c1-3-5-7-9-11-13-15-16-17-18-19-20-21-22-23-24-25-27-28-30-32-34-41(48)53-37-39(38-54-46-45(52)44(51)43(50)40(36-47)56-46)55-42(49)35-33-31-29-26-14-12-10-8-6-4-2/h16-17,39-40,43-47,50-52H,3-15,18-38H2,1-2H3/b17-16+/t39-,40-,43+,44?,45?,46-/m0/s1. The molecule has 0 bridgehead atoms. The lowest BCUT2D eigenvalue weighted by Gasteiger charge is -2.39. The highest BCUT2D eigenvalue weighted by Crippen LogP contribution is 2.23. The first-order valence-corrected chi connectivity index (χ1v) is 23.3. The van der Waals surface area contributed by atoms with Gasteiger partial charge in [-0.3, -0.25) is 9.59 Å². The van der Waals surface area contributed by atoms with E-state index in [4.69, 9.17) is 18.9 Å². The first-order valence-electron chi connectivity index (χ1n) is 23.3. The zero-order valence-corrected chi connectivity index (χ0v) is 35.9. The van der Waals surface area contributed by atoms with Gasteiger partial charge >= 0.3 is 11.9 Å². The Bertz CT molecular complexity index is 928. The van der Waals surface area contributed by atoms with E-state index in [0.29, 0.717) is 6.42 Å². The summed E-state index contributed by atoms with van der Waals surface area (Å²) in [7, 11) is 0. The Morgan fingerprint density at radius 1 is 0.536 bits per heavy atom. The van der Waals surface area contributed by atoms with Gasteiger partial charge < -0.3 is 39.4 Å². The molecule has 1 heterocycles. The molecule has 2 unspecified atom stereocenters. The molecular weight excluding hydrogens is 712 g/mol. The van der Waals surface area contributed by atoms with E-state index in [0.717, 1.165) is 38.5 Å². The largest absolute Gasteiger partial charge is 0.462 e. The minimum Gasteiger partial charge on any atom is -0.462 e. The van der Waals surface area contributed by atoms with Gasteiger partial charge in [0.1, 0.15) is 31.0 Å². The van der Waals surface area contributed by atoms with Crippen LogP contribution in [-0.2, 0) is 28.5 Å². The van der Waals surface area contributed by atoms with Gasteiger partial charge in [0.25, 0.3) is 0 Å². The molecule has 1 aliphatic heterocycles. The number of carbonyl (C=O) groups excluding carboxylic acids is 2. The monoisotopic (exact) mass is 799 g/mol. The van der Waals surface area contributed by atoms with Crippen molar-refractivity contribution in [2.75, 3.05) is 19.8 Å². The maximum atomic E-state index is 12.7. The van der Waals surface area contributed by atoms with Crippen molar-refractivity contribution in [3.05, 3.63) is 12.2 Å². The van der Waals surface area contributed by atoms with Gasteiger partial charge in [-0.25, -0.2) is 0 Å². The Kier molecular flexibility index (Phi) is 35.3. The highest BCUT2D eigenvalue weighted by molar-refractivity contribution is 5.70. The highest BCUT2D eigenvalue weighted by Gasteiger charge is 2.44. The molecule has 10 heteroatoms. The van der Waals surface area contributed by atoms with Crippen LogP contribution in [0.5, 0.6) is 0 Å². The third-order valence-corrected chi connectivity index (χ3v) is 10.9. The Labute approximate surface area is 341 Å². The van der Waals surface area contributed by atoms with Crippen LogP contribution in [-0.4, -0.2) is 89.0 Å². The number of ether oxygens (including phenoxy) is 4. The first-order chi connectivity index (χ1) is 27.3. The fourth-order valence-corrected chi connectivity index (χ4v) is 7.18. The number of unbranched alkanes of at least 4 members (excludes halogenated alkanes) is 26. The van der Waals surface area contributed by atoms with Gasteiger partial charge in [0.15, 0.2) is 12.4 Å². The zero-order chi connectivity index (χ0) is 40.9. The van der Waals surface area contributed by atoms with Crippen LogP contribution in [0, 0.1) is 0 Å². The van der Waals surface area contributed by atoms with E-state index < -0.39 is 49.4 Å². The molecule has 0 spiro atoms. The number of carbonyl (C=O) groups is 2. The fourth-order valence-electron chi connectivity index (χ4n) is 7.18. The van der Waals surface area contributed by atoms with Crippen LogP contribution in [0.4, 0.5) is 0 Å². The molecule has 1 fully saturated rings. The Morgan fingerprint density at radius 3 is 1.39 bits per heavy atom. The molecule has 0 aromatic heterocycles. The summed E-state index contributed by atoms with van der Waals surface area (Å²) in [5.74, 6) is -0.799. The molecular formula is C46H86O10. The summed E-state index contributed by atoms with van der Waals surface area (Å²) in [5, 5.41) is 40.0. The summed E-state index contributed by atoms with van der Waals surface area (Å²) in [6.45, 7) is 3.42. The molecule has 1 rings (SSSR count). The highest BCUT2D eigenvalue weighted by atomic mass is 16.7. The minimum atomic E-state index is -1.59. The van der Waals surface area contributed by atoms with Crippen LogP contribution < -0.4 is 0 Å². The summed E-state index contributed by atoms with van der Waals surface area (Å²) in [6, 6.07) is 0. The maximum Gasteiger partial charge on any atom is 0.306 e. The Balaban J connectivity index is 2.24. The van der Waals surface area contributed by atoms with Crippen LogP contribution in [0.2, 0.25) is 0 Å². The number of allylic oxidation sites excluding steroid dienone is 2. The number of hydrogen-bond acceptors (Lipinski definition) is 10. The second kappa shape index (κ2) is 37.7. The summed E-state index contributed by atoms with van der Waals surface area (Å²) < 4.78 is 22.1. The maximum absolute atomic E-state index is 12.7. The van der Waals surface area contributed by atoms with Gasteiger partial charge in [-0.15, -0.1) is 0 Å². The van der Waals surface area contributed by atoms with Gasteiger partial charge in [-0.1, -0.05) is 174 Å². The number of rotatable bonds is 39. The molecule has 0 amide bonds. The molecule has 0 aliphatic carbocycles. The average molecular weight is 799 g/mol. The molecule has 0 aromatic rings.